The van der Waals surface area contributed by atoms with E-state index < -0.39 is 11.9 Å². The predicted octanol–water partition coefficient (Wildman–Crippen LogP) is 4.52. The van der Waals surface area contributed by atoms with Crippen LogP contribution >= 0.6 is 0 Å². The molecule has 1 aliphatic rings. The number of carboxylic acid groups (broad SMARTS) is 1. The van der Waals surface area contributed by atoms with Gasteiger partial charge < -0.3 is 30.5 Å². The molecule has 222 valence electrons. The quantitative estimate of drug-likeness (QED) is 0.239. The molecule has 1 aromatic heterocycles. The highest BCUT2D eigenvalue weighted by molar-refractivity contribution is 6.10. The highest BCUT2D eigenvalue weighted by atomic mass is 16.4. The molecular weight excluding hydrogens is 550 g/mol. The molecule has 0 atom stereocenters. The molecule has 0 unspecified atom stereocenters. The summed E-state index contributed by atoms with van der Waals surface area (Å²) < 4.78 is 0. The number of carbonyl (C=O) groups is 5. The number of aromatic amines is 1. The minimum absolute atomic E-state index is 0.0460. The van der Waals surface area contributed by atoms with E-state index in [1.165, 1.54) is 15.9 Å². The second-order valence-electron chi connectivity index (χ2n) is 9.70. The third kappa shape index (κ3) is 7.25. The Morgan fingerprint density at radius 3 is 2.30 bits per heavy atom. The third-order valence-corrected chi connectivity index (χ3v) is 6.81. The van der Waals surface area contributed by atoms with E-state index in [1.54, 1.807) is 49.5 Å². The number of hydrogen-bond donors (Lipinski definition) is 4. The molecule has 0 saturated heterocycles. The summed E-state index contributed by atoms with van der Waals surface area (Å²) in [6.45, 7) is 3.65. The number of aromatic nitrogens is 1. The number of para-hydroxylation sites is 1. The van der Waals surface area contributed by atoms with Crippen molar-refractivity contribution >= 4 is 57.6 Å². The highest BCUT2D eigenvalue weighted by Gasteiger charge is 2.30. The first kappa shape index (κ1) is 30.5. The summed E-state index contributed by atoms with van der Waals surface area (Å²) in [5.74, 6) is -2.51. The van der Waals surface area contributed by atoms with Gasteiger partial charge in [0.15, 0.2) is 0 Å². The van der Waals surface area contributed by atoms with E-state index in [0.717, 1.165) is 10.9 Å². The number of amides is 4. The number of anilines is 3. The van der Waals surface area contributed by atoms with Crippen molar-refractivity contribution in [3.05, 3.63) is 89.6 Å². The average molecular weight is 584 g/mol. The number of carbonyl (C=O) groups excluding carboxylic acids is 4. The van der Waals surface area contributed by atoms with Crippen LogP contribution in [0.5, 0.6) is 0 Å². The Bertz CT molecular complexity index is 1640. The molecule has 4 N–H and O–H groups in total. The highest BCUT2D eigenvalue weighted by Crippen LogP contribution is 2.28. The Balaban J connectivity index is 0.00000207. The van der Waals surface area contributed by atoms with Crippen LogP contribution in [0.2, 0.25) is 0 Å². The monoisotopic (exact) mass is 583 g/mol. The van der Waals surface area contributed by atoms with Gasteiger partial charge >= 0.3 is 5.97 Å². The fourth-order valence-corrected chi connectivity index (χ4v) is 4.63. The predicted molar refractivity (Wildman–Crippen MR) is 164 cm³/mol. The summed E-state index contributed by atoms with van der Waals surface area (Å²) >= 11 is 0. The number of nitrogens with zero attached hydrogens (tertiary/aromatic N) is 2. The topological polar surface area (TPSA) is 152 Å². The first-order valence-corrected chi connectivity index (χ1v) is 13.9. The largest absolute Gasteiger partial charge is 0.481 e. The summed E-state index contributed by atoms with van der Waals surface area (Å²) in [6, 6.07) is 20.9. The zero-order valence-electron chi connectivity index (χ0n) is 24.1. The number of fused-ring (bicyclic) bond motifs is 2. The van der Waals surface area contributed by atoms with Crippen molar-refractivity contribution < 1.29 is 29.1 Å². The summed E-state index contributed by atoms with van der Waals surface area (Å²) in [4.78, 5) is 67.7. The summed E-state index contributed by atoms with van der Waals surface area (Å²) in [5.41, 5.74) is 3.53. The Kier molecular flexibility index (Phi) is 9.56. The first-order chi connectivity index (χ1) is 20.7. The van der Waals surface area contributed by atoms with Crippen molar-refractivity contribution in [1.82, 2.24) is 9.88 Å². The maximum Gasteiger partial charge on any atom is 0.305 e. The molecule has 0 radical (unpaired) electrons. The number of likely N-dealkylation sites (N-methyl/N-ethyl adjacent to an activating group) is 1. The molecule has 0 aliphatic carbocycles. The van der Waals surface area contributed by atoms with E-state index in [2.05, 4.69) is 15.6 Å². The van der Waals surface area contributed by atoms with Crippen LogP contribution in [0.1, 0.15) is 46.7 Å². The van der Waals surface area contributed by atoms with Gasteiger partial charge in [0.05, 0.1) is 24.1 Å². The van der Waals surface area contributed by atoms with Gasteiger partial charge in [-0.15, -0.1) is 0 Å². The first-order valence-electron chi connectivity index (χ1n) is 13.9. The van der Waals surface area contributed by atoms with Crippen LogP contribution in [0.3, 0.4) is 0 Å². The zero-order valence-corrected chi connectivity index (χ0v) is 24.1. The molecule has 1 aliphatic heterocycles. The fraction of sp³-hybridized carbons (Fsp3) is 0.219. The van der Waals surface area contributed by atoms with E-state index in [4.69, 9.17) is 5.11 Å². The standard InChI is InChI=1S/C30H27N5O6.C2H6/c1-34-25-11-10-21(16-22(25)30(41)35(17-27(34)37)13-12-28(38)39)31-26(36)14-18-6-8-20(9-7-18)32-29(40)24-15-19-4-2-3-5-23(19)33-24;1-2/h2-11,15-16,33H,12-14,17H2,1H3,(H,31,36)(H,32,40)(H,38,39);1-2H3. The van der Waals surface area contributed by atoms with Crippen molar-refractivity contribution in [2.45, 2.75) is 26.7 Å². The minimum Gasteiger partial charge on any atom is -0.481 e. The molecule has 43 heavy (non-hydrogen) atoms. The summed E-state index contributed by atoms with van der Waals surface area (Å²) in [5, 5.41) is 15.6. The van der Waals surface area contributed by atoms with Gasteiger partial charge in [0.25, 0.3) is 11.8 Å². The number of rotatable bonds is 8. The second-order valence-corrected chi connectivity index (χ2v) is 9.70. The molecule has 11 heteroatoms. The minimum atomic E-state index is -1.08. The SMILES string of the molecule is CC.CN1C(=O)CN(CCC(=O)O)C(=O)c2cc(NC(=O)Cc3ccc(NC(=O)c4cc5ccccc5[nH]4)cc3)ccc21. The third-order valence-electron chi connectivity index (χ3n) is 6.81. The number of hydrogen-bond acceptors (Lipinski definition) is 5. The van der Waals surface area contributed by atoms with E-state index in [0.29, 0.717) is 28.3 Å². The van der Waals surface area contributed by atoms with Crippen LogP contribution in [0, 0.1) is 0 Å². The number of benzene rings is 3. The van der Waals surface area contributed by atoms with Crippen molar-refractivity contribution in [2.24, 2.45) is 0 Å². The molecule has 11 nitrogen and oxygen atoms in total. The van der Waals surface area contributed by atoms with Gasteiger partial charge in [-0.2, -0.15) is 0 Å². The molecule has 0 fully saturated rings. The van der Waals surface area contributed by atoms with Crippen LogP contribution in [-0.2, 0) is 20.8 Å². The van der Waals surface area contributed by atoms with Gasteiger partial charge in [-0.3, -0.25) is 24.0 Å². The Morgan fingerprint density at radius 1 is 0.907 bits per heavy atom. The molecule has 3 aromatic carbocycles. The molecule has 5 rings (SSSR count). The maximum atomic E-state index is 13.1. The van der Waals surface area contributed by atoms with Crippen molar-refractivity contribution in [3.8, 4) is 0 Å². The van der Waals surface area contributed by atoms with Gasteiger partial charge in [0.2, 0.25) is 11.8 Å². The van der Waals surface area contributed by atoms with Gasteiger partial charge in [0.1, 0.15) is 12.2 Å². The lowest BCUT2D eigenvalue weighted by atomic mass is 10.1. The summed E-state index contributed by atoms with van der Waals surface area (Å²) in [7, 11) is 1.54. The zero-order chi connectivity index (χ0) is 31.1. The molecule has 4 amide bonds. The Hall–Kier alpha value is -5.45. The number of nitrogens with one attached hydrogen (secondary N) is 3. The normalized spacial score (nSPS) is 12.6. The van der Waals surface area contributed by atoms with Crippen LogP contribution in [0.15, 0.2) is 72.8 Å². The average Bonchev–Trinajstić information content (AvgIpc) is 3.42. The van der Waals surface area contributed by atoms with Crippen LogP contribution in [0.25, 0.3) is 10.9 Å². The molecule has 0 bridgehead atoms. The van der Waals surface area contributed by atoms with Gasteiger partial charge in [0, 0.05) is 35.9 Å². The molecule has 2 heterocycles. The van der Waals surface area contributed by atoms with Crippen LogP contribution in [-0.4, -0.2) is 64.7 Å². The van der Waals surface area contributed by atoms with Crippen LogP contribution in [0.4, 0.5) is 17.1 Å². The lowest BCUT2D eigenvalue weighted by Gasteiger charge is -2.19. The van der Waals surface area contributed by atoms with Gasteiger partial charge in [-0.25, -0.2) is 0 Å². The number of carboxylic acids is 1. The fourth-order valence-electron chi connectivity index (χ4n) is 4.63. The lowest BCUT2D eigenvalue weighted by Crippen LogP contribution is -2.38. The van der Waals surface area contributed by atoms with E-state index in [9.17, 15) is 24.0 Å². The van der Waals surface area contributed by atoms with Crippen LogP contribution < -0.4 is 15.5 Å². The van der Waals surface area contributed by atoms with Gasteiger partial charge in [-0.05, 0) is 48.0 Å². The lowest BCUT2D eigenvalue weighted by molar-refractivity contribution is -0.137. The summed E-state index contributed by atoms with van der Waals surface area (Å²) in [6.07, 6.45) is -0.246. The van der Waals surface area contributed by atoms with Crippen molar-refractivity contribution in [2.75, 3.05) is 35.7 Å². The molecule has 0 saturated carbocycles. The molecule has 0 spiro atoms. The smallest absolute Gasteiger partial charge is 0.305 e. The number of aliphatic carboxylic acids is 1. The maximum absolute atomic E-state index is 13.1. The van der Waals surface area contributed by atoms with E-state index in [-0.39, 0.29) is 49.2 Å². The van der Waals surface area contributed by atoms with Crippen molar-refractivity contribution in [1.29, 1.82) is 0 Å². The molecular formula is C32H33N5O6. The molecule has 4 aromatic rings. The second kappa shape index (κ2) is 13.5. The number of H-pyrrole nitrogens is 1. The van der Waals surface area contributed by atoms with E-state index >= 15 is 0 Å². The Labute approximate surface area is 248 Å². The van der Waals surface area contributed by atoms with E-state index in [1.807, 2.05) is 38.1 Å². The van der Waals surface area contributed by atoms with Gasteiger partial charge in [-0.1, -0.05) is 44.2 Å². The van der Waals surface area contributed by atoms with Crippen molar-refractivity contribution in [3.63, 3.8) is 0 Å². The Morgan fingerprint density at radius 2 is 1.60 bits per heavy atom.